The van der Waals surface area contributed by atoms with E-state index in [0.717, 1.165) is 13.1 Å². The molecule has 0 radical (unpaired) electrons. The molecule has 1 aromatic carbocycles. The Labute approximate surface area is 114 Å². The van der Waals surface area contributed by atoms with Gasteiger partial charge in [-0.1, -0.05) is 0 Å². The summed E-state index contributed by atoms with van der Waals surface area (Å²) in [7, 11) is 0. The van der Waals surface area contributed by atoms with Gasteiger partial charge in [-0.2, -0.15) is 0 Å². The number of halogens is 3. The standard InChI is InChI=1S/C11H12BrFN2O.ClH/c12-9-2-1-8(3-10(9)13)11(16)15-6-7-4-14-5-7;/h1-3,7,14H,4-6H2,(H,15,16);1H. The molecule has 1 aliphatic rings. The molecule has 1 saturated heterocycles. The fraction of sp³-hybridized carbons (Fsp3) is 0.364. The zero-order valence-electron chi connectivity index (χ0n) is 9.00. The summed E-state index contributed by atoms with van der Waals surface area (Å²) in [4.78, 5) is 11.6. The smallest absolute Gasteiger partial charge is 0.251 e. The van der Waals surface area contributed by atoms with Gasteiger partial charge in [0.15, 0.2) is 0 Å². The topological polar surface area (TPSA) is 41.1 Å². The Morgan fingerprint density at radius 2 is 2.24 bits per heavy atom. The van der Waals surface area contributed by atoms with Gasteiger partial charge in [-0.3, -0.25) is 4.79 Å². The van der Waals surface area contributed by atoms with Crippen molar-refractivity contribution in [1.29, 1.82) is 0 Å². The molecule has 0 unspecified atom stereocenters. The number of rotatable bonds is 3. The number of carbonyl (C=O) groups excluding carboxylic acids is 1. The van der Waals surface area contributed by atoms with Crippen LogP contribution < -0.4 is 10.6 Å². The number of nitrogens with one attached hydrogen (secondary N) is 2. The van der Waals surface area contributed by atoms with E-state index in [1.165, 1.54) is 12.1 Å². The fourth-order valence-corrected chi connectivity index (χ4v) is 1.72. The van der Waals surface area contributed by atoms with Crippen LogP contribution in [0.15, 0.2) is 22.7 Å². The molecule has 2 rings (SSSR count). The predicted molar refractivity (Wildman–Crippen MR) is 70.0 cm³/mol. The summed E-state index contributed by atoms with van der Waals surface area (Å²) in [6.07, 6.45) is 0. The lowest BCUT2D eigenvalue weighted by Gasteiger charge is -2.27. The summed E-state index contributed by atoms with van der Waals surface area (Å²) in [5.74, 6) is -0.138. The van der Waals surface area contributed by atoms with Crippen molar-refractivity contribution in [3.63, 3.8) is 0 Å². The van der Waals surface area contributed by atoms with Crippen LogP contribution in [-0.4, -0.2) is 25.5 Å². The third-order valence-corrected chi connectivity index (χ3v) is 3.24. The van der Waals surface area contributed by atoms with Gasteiger partial charge in [0.2, 0.25) is 0 Å². The first-order valence-corrected chi connectivity index (χ1v) is 5.90. The largest absolute Gasteiger partial charge is 0.352 e. The molecule has 2 N–H and O–H groups in total. The van der Waals surface area contributed by atoms with Crippen LogP contribution in [0.25, 0.3) is 0 Å². The van der Waals surface area contributed by atoms with Crippen molar-refractivity contribution in [1.82, 2.24) is 10.6 Å². The van der Waals surface area contributed by atoms with Crippen molar-refractivity contribution in [3.8, 4) is 0 Å². The zero-order chi connectivity index (χ0) is 11.5. The highest BCUT2D eigenvalue weighted by Gasteiger charge is 2.17. The summed E-state index contributed by atoms with van der Waals surface area (Å²) in [6.45, 7) is 2.52. The van der Waals surface area contributed by atoms with Gasteiger partial charge in [-0.15, -0.1) is 12.4 Å². The zero-order valence-corrected chi connectivity index (χ0v) is 11.4. The lowest BCUT2D eigenvalue weighted by molar-refractivity contribution is 0.0941. The van der Waals surface area contributed by atoms with Gasteiger partial charge in [0, 0.05) is 31.1 Å². The summed E-state index contributed by atoms with van der Waals surface area (Å²) in [5, 5.41) is 5.91. The second-order valence-electron chi connectivity index (χ2n) is 3.86. The Balaban J connectivity index is 0.00000144. The highest BCUT2D eigenvalue weighted by molar-refractivity contribution is 9.10. The molecular weight excluding hydrogens is 310 g/mol. The molecule has 1 amide bonds. The highest BCUT2D eigenvalue weighted by atomic mass is 79.9. The number of carbonyl (C=O) groups is 1. The maximum absolute atomic E-state index is 13.2. The first-order valence-electron chi connectivity index (χ1n) is 5.11. The van der Waals surface area contributed by atoms with E-state index in [9.17, 15) is 9.18 Å². The van der Waals surface area contributed by atoms with Gasteiger partial charge in [-0.25, -0.2) is 4.39 Å². The van der Waals surface area contributed by atoms with E-state index in [0.29, 0.717) is 22.5 Å². The normalized spacial score (nSPS) is 14.7. The van der Waals surface area contributed by atoms with Gasteiger partial charge in [0.25, 0.3) is 5.91 Å². The molecule has 1 aliphatic heterocycles. The van der Waals surface area contributed by atoms with E-state index in [4.69, 9.17) is 0 Å². The van der Waals surface area contributed by atoms with E-state index in [1.54, 1.807) is 6.07 Å². The Hall–Kier alpha value is -0.650. The van der Waals surface area contributed by atoms with Gasteiger partial charge in [0.05, 0.1) is 4.47 Å². The Kier molecular flexibility index (Phi) is 5.36. The summed E-state index contributed by atoms with van der Waals surface area (Å²) in [6, 6.07) is 4.37. The first-order chi connectivity index (χ1) is 7.66. The van der Waals surface area contributed by atoms with E-state index in [-0.39, 0.29) is 18.3 Å². The summed E-state index contributed by atoms with van der Waals surface area (Å²) >= 11 is 3.05. The molecule has 1 heterocycles. The van der Waals surface area contributed by atoms with Crippen LogP contribution >= 0.6 is 28.3 Å². The van der Waals surface area contributed by atoms with Crippen LogP contribution in [-0.2, 0) is 0 Å². The van der Waals surface area contributed by atoms with Crippen LogP contribution in [0, 0.1) is 11.7 Å². The molecule has 1 aromatic rings. The Morgan fingerprint density at radius 1 is 1.53 bits per heavy atom. The van der Waals surface area contributed by atoms with Crippen molar-refractivity contribution < 1.29 is 9.18 Å². The van der Waals surface area contributed by atoms with Crippen LogP contribution in [0.4, 0.5) is 4.39 Å². The third kappa shape index (κ3) is 3.66. The SMILES string of the molecule is Cl.O=C(NCC1CNC1)c1ccc(Br)c(F)c1. The van der Waals surface area contributed by atoms with Gasteiger partial charge >= 0.3 is 0 Å². The molecule has 1 fully saturated rings. The van der Waals surface area contributed by atoms with Crippen molar-refractivity contribution in [3.05, 3.63) is 34.1 Å². The van der Waals surface area contributed by atoms with E-state index >= 15 is 0 Å². The average molecular weight is 324 g/mol. The van der Waals surface area contributed by atoms with Crippen molar-refractivity contribution in [2.24, 2.45) is 5.92 Å². The van der Waals surface area contributed by atoms with Crippen molar-refractivity contribution in [2.45, 2.75) is 0 Å². The number of hydrogen-bond donors (Lipinski definition) is 2. The fourth-order valence-electron chi connectivity index (χ4n) is 1.47. The van der Waals surface area contributed by atoms with E-state index < -0.39 is 5.82 Å². The maximum Gasteiger partial charge on any atom is 0.251 e. The van der Waals surface area contributed by atoms with E-state index in [1.807, 2.05) is 0 Å². The molecule has 0 aromatic heterocycles. The van der Waals surface area contributed by atoms with Gasteiger partial charge in [0.1, 0.15) is 5.82 Å². The van der Waals surface area contributed by atoms with Crippen LogP contribution in [0.3, 0.4) is 0 Å². The third-order valence-electron chi connectivity index (χ3n) is 2.60. The number of benzene rings is 1. The first kappa shape index (κ1) is 14.4. The molecule has 6 heteroatoms. The van der Waals surface area contributed by atoms with Crippen LogP contribution in [0.1, 0.15) is 10.4 Å². The minimum absolute atomic E-state index is 0. The minimum Gasteiger partial charge on any atom is -0.352 e. The molecule has 3 nitrogen and oxygen atoms in total. The molecule has 94 valence electrons. The summed E-state index contributed by atoms with van der Waals surface area (Å²) < 4.78 is 13.5. The number of amides is 1. The molecule has 0 spiro atoms. The van der Waals surface area contributed by atoms with Gasteiger partial charge in [-0.05, 0) is 34.1 Å². The van der Waals surface area contributed by atoms with Crippen LogP contribution in [0.5, 0.6) is 0 Å². The molecule has 0 atom stereocenters. The lowest BCUT2D eigenvalue weighted by Crippen LogP contribution is -2.48. The molecule has 0 aliphatic carbocycles. The predicted octanol–water partition coefficient (Wildman–Crippen LogP) is 1.96. The molecule has 0 bridgehead atoms. The van der Waals surface area contributed by atoms with Crippen LogP contribution in [0.2, 0.25) is 0 Å². The highest BCUT2D eigenvalue weighted by Crippen LogP contribution is 2.16. The minimum atomic E-state index is -0.419. The Morgan fingerprint density at radius 3 is 2.76 bits per heavy atom. The Bertz CT molecular complexity index is 412. The second-order valence-corrected chi connectivity index (χ2v) is 4.72. The van der Waals surface area contributed by atoms with Gasteiger partial charge < -0.3 is 10.6 Å². The lowest BCUT2D eigenvalue weighted by atomic mass is 10.0. The quantitative estimate of drug-likeness (QED) is 0.893. The average Bonchev–Trinajstić information content (AvgIpc) is 2.19. The summed E-state index contributed by atoms with van der Waals surface area (Å²) in [5.41, 5.74) is 0.355. The monoisotopic (exact) mass is 322 g/mol. The van der Waals surface area contributed by atoms with Crippen molar-refractivity contribution in [2.75, 3.05) is 19.6 Å². The maximum atomic E-state index is 13.2. The second kappa shape index (κ2) is 6.33. The molecule has 17 heavy (non-hydrogen) atoms. The number of hydrogen-bond acceptors (Lipinski definition) is 2. The van der Waals surface area contributed by atoms with E-state index in [2.05, 4.69) is 26.6 Å². The molecule has 0 saturated carbocycles. The van der Waals surface area contributed by atoms with Crippen molar-refractivity contribution >= 4 is 34.2 Å². The molecular formula is C11H13BrClFN2O.